The quantitative estimate of drug-likeness (QED) is 0.237. The summed E-state index contributed by atoms with van der Waals surface area (Å²) in [6.07, 6.45) is 26.0. The van der Waals surface area contributed by atoms with Crippen LogP contribution in [-0.2, 0) is 29.1 Å². The van der Waals surface area contributed by atoms with Gasteiger partial charge in [0.25, 0.3) is 0 Å². The molecule has 9 heteroatoms. The Kier molecular flexibility index (Phi) is 18.6. The summed E-state index contributed by atoms with van der Waals surface area (Å²) >= 11 is 7.25. The van der Waals surface area contributed by atoms with Crippen LogP contribution in [0.3, 0.4) is 0 Å². The van der Waals surface area contributed by atoms with Crippen molar-refractivity contribution in [1.82, 2.24) is 10.6 Å². The third-order valence-electron chi connectivity index (χ3n) is 3.97. The van der Waals surface area contributed by atoms with Crippen LogP contribution in [0.4, 0.5) is 0 Å². The van der Waals surface area contributed by atoms with Crippen LogP contribution in [0.5, 0.6) is 0 Å². The van der Waals surface area contributed by atoms with E-state index < -0.39 is 0 Å². The van der Waals surface area contributed by atoms with Crippen LogP contribution in [0.25, 0.3) is 0 Å². The van der Waals surface area contributed by atoms with E-state index in [-0.39, 0.29) is 31.0 Å². The number of nitrogens with one attached hydrogen (secondary N) is 2. The van der Waals surface area contributed by atoms with Gasteiger partial charge in [-0.15, -0.1) is 47.0 Å². The van der Waals surface area contributed by atoms with Gasteiger partial charge < -0.3 is 10.6 Å². The fourth-order valence-corrected chi connectivity index (χ4v) is 4.85. The predicted molar refractivity (Wildman–Crippen MR) is 140 cm³/mol. The van der Waals surface area contributed by atoms with Crippen molar-refractivity contribution >= 4 is 58.6 Å². The largest absolute Gasteiger partial charge is 0.388 e. The Labute approximate surface area is 216 Å². The Morgan fingerprint density at radius 3 is 1.29 bits per heavy atom. The first-order valence-electron chi connectivity index (χ1n) is 9.32. The molecule has 2 N–H and O–H groups in total. The minimum Gasteiger partial charge on any atom is -0.388 e. The molecule has 0 bridgehead atoms. The monoisotopic (exact) mass is 546 g/mol. The van der Waals surface area contributed by atoms with Gasteiger partial charge >= 0.3 is 0 Å². The zero-order valence-electron chi connectivity index (χ0n) is 18.5. The molecule has 0 heterocycles. The van der Waals surface area contributed by atoms with Gasteiger partial charge in [-0.1, -0.05) is 24.3 Å². The maximum Gasteiger partial charge on any atom is 0.187 e. The average Bonchev–Trinajstić information content (AvgIpc) is 2.77. The van der Waals surface area contributed by atoms with E-state index >= 15 is 0 Å². The van der Waals surface area contributed by atoms with E-state index in [1.807, 2.05) is 71.4 Å². The molecule has 0 amide bonds. The Morgan fingerprint density at radius 2 is 1.00 bits per heavy atom. The molecule has 166 valence electrons. The van der Waals surface area contributed by atoms with Gasteiger partial charge in [-0.2, -0.15) is 0 Å². The Hall–Kier alpha value is -0.597. The summed E-state index contributed by atoms with van der Waals surface area (Å²) in [7, 11) is 0. The van der Waals surface area contributed by atoms with Crippen LogP contribution in [0.2, 0.25) is 0 Å². The van der Waals surface area contributed by atoms with Gasteiger partial charge in [0.15, 0.2) is 11.6 Å². The van der Waals surface area contributed by atoms with E-state index in [2.05, 4.69) is 35.7 Å². The number of hydrogen-bond acceptors (Lipinski definition) is 8. The number of hydrogen-bond donors (Lipinski definition) is 2. The minimum absolute atomic E-state index is 0. The smallest absolute Gasteiger partial charge is 0.187 e. The third-order valence-corrected chi connectivity index (χ3v) is 9.05. The number of allylic oxidation sites excluding steroid dienone is 10. The molecule has 0 aromatic carbocycles. The summed E-state index contributed by atoms with van der Waals surface area (Å²) in [6, 6.07) is 0. The predicted octanol–water partition coefficient (Wildman–Crippen LogP) is 4.41. The Morgan fingerprint density at radius 1 is 0.677 bits per heavy atom. The van der Waals surface area contributed by atoms with E-state index in [1.54, 1.807) is 36.7 Å². The molecule has 31 heavy (non-hydrogen) atoms. The summed E-state index contributed by atoms with van der Waals surface area (Å²) in [5, 5.41) is 6.36. The van der Waals surface area contributed by atoms with Crippen molar-refractivity contribution in [3.63, 3.8) is 0 Å². The van der Waals surface area contributed by atoms with Crippen LogP contribution in [0.1, 0.15) is 0 Å². The molecule has 0 saturated heterocycles. The zero-order valence-corrected chi connectivity index (χ0v) is 24.7. The Balaban J connectivity index is 0.000000562. The van der Waals surface area contributed by atoms with Crippen molar-refractivity contribution in [1.29, 1.82) is 0 Å². The number of rotatable bonds is 10. The van der Waals surface area contributed by atoms with Crippen LogP contribution < -0.4 is 10.6 Å². The van der Waals surface area contributed by atoms with E-state index in [1.165, 1.54) is 0 Å². The molecule has 4 nitrogen and oxygen atoms in total. The van der Waals surface area contributed by atoms with Gasteiger partial charge in [0.1, 0.15) is 0 Å². The van der Waals surface area contributed by atoms with Gasteiger partial charge in [-0.05, 0) is 49.3 Å². The molecule has 2 aliphatic rings. The van der Waals surface area contributed by atoms with Crippen molar-refractivity contribution < 1.29 is 29.1 Å². The first kappa shape index (κ1) is 30.4. The van der Waals surface area contributed by atoms with Gasteiger partial charge in [0, 0.05) is 56.1 Å². The maximum absolute atomic E-state index is 11.4. The molecule has 0 atom stereocenters. The van der Waals surface area contributed by atoms with Crippen molar-refractivity contribution in [2.45, 2.75) is 9.16 Å². The van der Waals surface area contributed by atoms with Crippen LogP contribution in [0.15, 0.2) is 72.2 Å². The third kappa shape index (κ3) is 12.9. The standard InChI is InChI=1S/2C11H15NOS2.Zn/c2*1-14-11(15-2)8-12-7-9-5-3-4-6-10(9)13;/h2*3-7,11-12H,8H2,1-2H3;/b2*9-7-;. The number of carbonyl (C=O) groups excluding carboxylic acids is 2. The van der Waals surface area contributed by atoms with E-state index in [0.29, 0.717) is 9.16 Å². The fourth-order valence-electron chi connectivity index (χ4n) is 2.26. The van der Waals surface area contributed by atoms with Crippen molar-refractivity contribution in [3.8, 4) is 0 Å². The molecule has 2 rings (SSSR count). The SMILES string of the molecule is CSC(CN/C=C1/C=CC=CC1=O)SC.CSC(CN/C=C1/C=CC=CC1=O)SC.[Zn]. The number of thioether (sulfide) groups is 4. The molecule has 0 unspecified atom stereocenters. The first-order valence-corrected chi connectivity index (χ1v) is 14.5. The Bertz CT molecular complexity index is 676. The number of carbonyl (C=O) groups is 2. The first-order chi connectivity index (χ1) is 14.5. The summed E-state index contributed by atoms with van der Waals surface area (Å²) in [5.41, 5.74) is 1.44. The molecule has 0 aromatic heterocycles. The fraction of sp³-hybridized carbons (Fsp3) is 0.364. The molecule has 0 fully saturated rings. The van der Waals surface area contributed by atoms with Gasteiger partial charge in [0.2, 0.25) is 0 Å². The summed E-state index contributed by atoms with van der Waals surface area (Å²) in [6.45, 7) is 1.74. The van der Waals surface area contributed by atoms with Crippen molar-refractivity contribution in [2.24, 2.45) is 0 Å². The second-order valence-electron chi connectivity index (χ2n) is 5.98. The summed E-state index contributed by atoms with van der Waals surface area (Å²) < 4.78 is 1.06. The van der Waals surface area contributed by atoms with E-state index in [4.69, 9.17) is 0 Å². The second-order valence-corrected chi connectivity index (χ2v) is 10.7. The topological polar surface area (TPSA) is 58.2 Å². The molecule has 0 saturated carbocycles. The molecule has 0 aliphatic heterocycles. The molecule has 2 aliphatic carbocycles. The molecule has 0 aromatic rings. The molecular formula is C22H30N2O2S4Zn. The minimum atomic E-state index is 0. The second kappa shape index (κ2) is 18.9. The van der Waals surface area contributed by atoms with Crippen LogP contribution in [0, 0.1) is 0 Å². The normalized spacial score (nSPS) is 17.2. The van der Waals surface area contributed by atoms with Gasteiger partial charge in [0.05, 0.1) is 9.16 Å². The van der Waals surface area contributed by atoms with Gasteiger partial charge in [-0.25, -0.2) is 0 Å². The number of ketones is 2. The molecular weight excluding hydrogens is 518 g/mol. The average molecular weight is 548 g/mol. The van der Waals surface area contributed by atoms with E-state index in [0.717, 1.165) is 24.2 Å². The summed E-state index contributed by atoms with van der Waals surface area (Å²) in [5.74, 6) is 0.129. The van der Waals surface area contributed by atoms with Crippen LogP contribution in [-0.4, -0.2) is 58.8 Å². The van der Waals surface area contributed by atoms with E-state index in [9.17, 15) is 9.59 Å². The van der Waals surface area contributed by atoms with Crippen molar-refractivity contribution in [3.05, 3.63) is 72.2 Å². The maximum atomic E-state index is 11.4. The van der Waals surface area contributed by atoms with Gasteiger partial charge in [-0.3, -0.25) is 9.59 Å². The zero-order chi connectivity index (χ0) is 22.2. The van der Waals surface area contributed by atoms with Crippen molar-refractivity contribution in [2.75, 3.05) is 38.1 Å². The molecule has 0 radical (unpaired) electrons. The molecule has 0 spiro atoms. The summed E-state index contributed by atoms with van der Waals surface area (Å²) in [4.78, 5) is 22.7. The van der Waals surface area contributed by atoms with Crippen LogP contribution >= 0.6 is 47.0 Å².